The van der Waals surface area contributed by atoms with Crippen molar-refractivity contribution in [2.45, 2.75) is 13.8 Å². The van der Waals surface area contributed by atoms with Crippen LogP contribution in [0.1, 0.15) is 18.1 Å². The van der Waals surface area contributed by atoms with Crippen LogP contribution in [0.3, 0.4) is 0 Å². The van der Waals surface area contributed by atoms with Gasteiger partial charge in [0, 0.05) is 0 Å². The lowest BCUT2D eigenvalue weighted by Crippen LogP contribution is -1.82. The van der Waals surface area contributed by atoms with Crippen molar-refractivity contribution in [2.24, 2.45) is 5.16 Å². The van der Waals surface area contributed by atoms with E-state index in [4.69, 9.17) is 5.21 Å². The minimum atomic E-state index is 0.598. The number of aryl methyl sites for hydroxylation is 1. The van der Waals surface area contributed by atoms with E-state index in [1.807, 2.05) is 37.3 Å². The highest BCUT2D eigenvalue weighted by Crippen LogP contribution is 2.04. The minimum Gasteiger partial charge on any atom is -0.411 e. The van der Waals surface area contributed by atoms with Gasteiger partial charge in [0.05, 0.1) is 5.71 Å². The average molecular weight is 175 g/mol. The second kappa shape index (κ2) is 4.45. The molecule has 1 rings (SSSR count). The first-order valence-corrected chi connectivity index (χ1v) is 4.16. The third kappa shape index (κ3) is 3.11. The fourth-order valence-corrected chi connectivity index (χ4v) is 0.928. The molecule has 0 radical (unpaired) electrons. The molecule has 0 aromatic heterocycles. The van der Waals surface area contributed by atoms with Gasteiger partial charge in [-0.05, 0) is 25.5 Å². The topological polar surface area (TPSA) is 32.6 Å². The molecule has 0 aliphatic rings. The molecule has 2 nitrogen and oxygen atoms in total. The highest BCUT2D eigenvalue weighted by atomic mass is 16.4. The molecule has 13 heavy (non-hydrogen) atoms. The Morgan fingerprint density at radius 2 is 1.92 bits per heavy atom. The van der Waals surface area contributed by atoms with Crippen LogP contribution in [0, 0.1) is 6.92 Å². The van der Waals surface area contributed by atoms with E-state index in [0.29, 0.717) is 5.71 Å². The predicted molar refractivity (Wildman–Crippen MR) is 55.1 cm³/mol. The van der Waals surface area contributed by atoms with Gasteiger partial charge in [0.25, 0.3) is 0 Å². The van der Waals surface area contributed by atoms with Gasteiger partial charge in [-0.15, -0.1) is 0 Å². The summed E-state index contributed by atoms with van der Waals surface area (Å²) in [4.78, 5) is 0. The van der Waals surface area contributed by atoms with Crippen molar-refractivity contribution in [1.82, 2.24) is 0 Å². The quantitative estimate of drug-likeness (QED) is 0.418. The zero-order valence-corrected chi connectivity index (χ0v) is 7.86. The summed E-state index contributed by atoms with van der Waals surface area (Å²) in [6.07, 6.45) is 3.68. The third-order valence-corrected chi connectivity index (χ3v) is 1.75. The SMILES string of the molecule is CC(/C=C/c1ccc(C)cc1)=N/O. The standard InChI is InChI=1S/C11H13NO/c1-9-3-6-11(7-4-9)8-5-10(2)12-13/h3-8,13H,1-2H3/b8-5+,12-10-. The summed E-state index contributed by atoms with van der Waals surface area (Å²) in [5.74, 6) is 0. The number of nitrogens with zero attached hydrogens (tertiary/aromatic N) is 1. The van der Waals surface area contributed by atoms with Crippen LogP contribution in [0.25, 0.3) is 6.08 Å². The van der Waals surface area contributed by atoms with Crippen molar-refractivity contribution in [3.05, 3.63) is 41.5 Å². The summed E-state index contributed by atoms with van der Waals surface area (Å²) in [6.45, 7) is 3.79. The maximum Gasteiger partial charge on any atom is 0.0765 e. The number of hydrogen-bond donors (Lipinski definition) is 1. The van der Waals surface area contributed by atoms with Gasteiger partial charge in [0.2, 0.25) is 0 Å². The van der Waals surface area contributed by atoms with E-state index in [2.05, 4.69) is 5.16 Å². The fourth-order valence-electron chi connectivity index (χ4n) is 0.928. The zero-order valence-electron chi connectivity index (χ0n) is 7.86. The van der Waals surface area contributed by atoms with Gasteiger partial charge < -0.3 is 5.21 Å². The van der Waals surface area contributed by atoms with Crippen LogP contribution < -0.4 is 0 Å². The largest absolute Gasteiger partial charge is 0.411 e. The lowest BCUT2D eigenvalue weighted by molar-refractivity contribution is 0.319. The molecule has 2 heteroatoms. The zero-order chi connectivity index (χ0) is 9.68. The first-order valence-electron chi connectivity index (χ1n) is 4.16. The van der Waals surface area contributed by atoms with Crippen LogP contribution in [0.2, 0.25) is 0 Å². The van der Waals surface area contributed by atoms with Gasteiger partial charge >= 0.3 is 0 Å². The summed E-state index contributed by atoms with van der Waals surface area (Å²) in [6, 6.07) is 8.14. The molecule has 0 unspecified atom stereocenters. The van der Waals surface area contributed by atoms with Gasteiger partial charge in [-0.2, -0.15) is 0 Å². The molecule has 0 bridgehead atoms. The van der Waals surface area contributed by atoms with Gasteiger partial charge in [0.15, 0.2) is 0 Å². The number of oxime groups is 1. The molecule has 0 amide bonds. The van der Waals surface area contributed by atoms with Crippen LogP contribution in [0.5, 0.6) is 0 Å². The van der Waals surface area contributed by atoms with Crippen molar-refractivity contribution < 1.29 is 5.21 Å². The van der Waals surface area contributed by atoms with Crippen LogP contribution in [0.15, 0.2) is 35.5 Å². The van der Waals surface area contributed by atoms with Gasteiger partial charge in [0.1, 0.15) is 0 Å². The Bertz CT molecular complexity index is 322. The Kier molecular flexibility index (Phi) is 3.26. The van der Waals surface area contributed by atoms with E-state index in [0.717, 1.165) is 5.56 Å². The number of allylic oxidation sites excluding steroid dienone is 1. The third-order valence-electron chi connectivity index (χ3n) is 1.75. The van der Waals surface area contributed by atoms with Crippen molar-refractivity contribution >= 4 is 11.8 Å². The smallest absolute Gasteiger partial charge is 0.0765 e. The fraction of sp³-hybridized carbons (Fsp3) is 0.182. The average Bonchev–Trinajstić information content (AvgIpc) is 2.16. The molecule has 1 aromatic carbocycles. The van der Waals surface area contributed by atoms with Gasteiger partial charge in [-0.1, -0.05) is 41.1 Å². The van der Waals surface area contributed by atoms with E-state index in [1.54, 1.807) is 13.0 Å². The van der Waals surface area contributed by atoms with E-state index >= 15 is 0 Å². The Morgan fingerprint density at radius 3 is 2.46 bits per heavy atom. The second-order valence-electron chi connectivity index (χ2n) is 2.99. The molecule has 68 valence electrons. The van der Waals surface area contributed by atoms with E-state index in [-0.39, 0.29) is 0 Å². The normalized spacial score (nSPS) is 12.3. The maximum absolute atomic E-state index is 8.39. The molecular formula is C11H13NO. The molecule has 0 atom stereocenters. The van der Waals surface area contributed by atoms with E-state index in [9.17, 15) is 0 Å². The highest BCUT2D eigenvalue weighted by Gasteiger charge is 1.86. The molecule has 0 spiro atoms. The molecule has 0 fully saturated rings. The first kappa shape index (κ1) is 9.52. The Hall–Kier alpha value is -1.57. The van der Waals surface area contributed by atoms with Crippen molar-refractivity contribution in [2.75, 3.05) is 0 Å². The summed E-state index contributed by atoms with van der Waals surface area (Å²) < 4.78 is 0. The predicted octanol–water partition coefficient (Wildman–Crippen LogP) is 2.86. The molecule has 0 heterocycles. The monoisotopic (exact) mass is 175 g/mol. The van der Waals surface area contributed by atoms with Crippen molar-refractivity contribution in [1.29, 1.82) is 0 Å². The van der Waals surface area contributed by atoms with Crippen molar-refractivity contribution in [3.63, 3.8) is 0 Å². The highest BCUT2D eigenvalue weighted by molar-refractivity contribution is 5.95. The molecule has 0 saturated carbocycles. The number of hydrogen-bond acceptors (Lipinski definition) is 2. The van der Waals surface area contributed by atoms with Crippen LogP contribution >= 0.6 is 0 Å². The first-order chi connectivity index (χ1) is 6.22. The Labute approximate surface area is 78.2 Å². The molecule has 0 aliphatic carbocycles. The van der Waals surface area contributed by atoms with Crippen LogP contribution in [-0.4, -0.2) is 10.9 Å². The van der Waals surface area contributed by atoms with Gasteiger partial charge in [-0.25, -0.2) is 0 Å². The second-order valence-corrected chi connectivity index (χ2v) is 2.99. The summed E-state index contributed by atoms with van der Waals surface area (Å²) >= 11 is 0. The summed E-state index contributed by atoms with van der Waals surface area (Å²) in [7, 11) is 0. The lowest BCUT2D eigenvalue weighted by atomic mass is 10.1. The van der Waals surface area contributed by atoms with Crippen LogP contribution in [-0.2, 0) is 0 Å². The molecule has 1 N–H and O–H groups in total. The Morgan fingerprint density at radius 1 is 1.31 bits per heavy atom. The number of benzene rings is 1. The number of rotatable bonds is 2. The Balaban J connectivity index is 2.75. The summed E-state index contributed by atoms with van der Waals surface area (Å²) in [5.41, 5.74) is 2.94. The lowest BCUT2D eigenvalue weighted by Gasteiger charge is -1.93. The molecule has 1 aromatic rings. The van der Waals surface area contributed by atoms with Crippen LogP contribution in [0.4, 0.5) is 0 Å². The maximum atomic E-state index is 8.39. The minimum absolute atomic E-state index is 0.598. The van der Waals surface area contributed by atoms with E-state index in [1.165, 1.54) is 5.56 Å². The van der Waals surface area contributed by atoms with Gasteiger partial charge in [-0.3, -0.25) is 0 Å². The molecule has 0 aliphatic heterocycles. The van der Waals surface area contributed by atoms with Crippen molar-refractivity contribution in [3.8, 4) is 0 Å². The van der Waals surface area contributed by atoms with E-state index < -0.39 is 0 Å². The molecule has 0 saturated heterocycles. The molecular weight excluding hydrogens is 162 g/mol. The summed E-state index contributed by atoms with van der Waals surface area (Å²) in [5, 5.41) is 11.4.